The van der Waals surface area contributed by atoms with Crippen molar-refractivity contribution in [2.75, 3.05) is 44.1 Å². The van der Waals surface area contributed by atoms with Gasteiger partial charge in [0.25, 0.3) is 0 Å². The molecule has 128 valence electrons. The molecule has 1 aliphatic rings. The van der Waals surface area contributed by atoms with Crippen molar-refractivity contribution in [3.63, 3.8) is 0 Å². The molecule has 23 heavy (non-hydrogen) atoms. The second-order valence-electron chi connectivity index (χ2n) is 6.36. The zero-order chi connectivity index (χ0) is 18.5. The number of piperazine rings is 1. The van der Waals surface area contributed by atoms with Gasteiger partial charge in [-0.25, -0.2) is 14.8 Å². The number of nitrogens with one attached hydrogen (secondary N) is 1. The minimum absolute atomic E-state index is 0.202. The molecule has 0 saturated carbocycles. The van der Waals surface area contributed by atoms with Gasteiger partial charge in [-0.2, -0.15) is 0 Å². The molecule has 1 aromatic rings. The standard InChI is InChI=1S/C16H27N5O2/c1-16(2,3)23-15(22)19-8-5-9-20-10-12-21(13-11-20)14-17-6-4-7-18-14/h4,6-7H,5,8-13H2,1-3H3,(H,19,22)/i9D2. The van der Waals surface area contributed by atoms with E-state index in [1.54, 1.807) is 44.1 Å². The van der Waals surface area contributed by atoms with E-state index in [2.05, 4.69) is 15.3 Å². The molecule has 1 N–H and O–H groups in total. The average molecular weight is 323 g/mol. The highest BCUT2D eigenvalue weighted by Crippen LogP contribution is 2.10. The van der Waals surface area contributed by atoms with Crippen molar-refractivity contribution >= 4 is 12.0 Å². The molecule has 0 spiro atoms. The van der Waals surface area contributed by atoms with E-state index in [1.165, 1.54) is 0 Å². The molecule has 7 heteroatoms. The number of hydrogen-bond donors (Lipinski definition) is 1. The summed E-state index contributed by atoms with van der Waals surface area (Å²) in [5.74, 6) is 0.675. The maximum Gasteiger partial charge on any atom is 0.407 e. The van der Waals surface area contributed by atoms with Crippen LogP contribution in [0.1, 0.15) is 29.9 Å². The third kappa shape index (κ3) is 6.40. The molecule has 0 aliphatic carbocycles. The Morgan fingerprint density at radius 3 is 2.57 bits per heavy atom. The molecule has 1 aliphatic heterocycles. The highest BCUT2D eigenvalue weighted by Gasteiger charge is 2.19. The van der Waals surface area contributed by atoms with Gasteiger partial charge in [0, 0.05) is 47.9 Å². The maximum atomic E-state index is 11.6. The lowest BCUT2D eigenvalue weighted by atomic mass is 10.2. The van der Waals surface area contributed by atoms with E-state index in [1.807, 2.05) is 4.90 Å². The average Bonchev–Trinajstić information content (AvgIpc) is 2.54. The molecule has 7 nitrogen and oxygen atoms in total. The van der Waals surface area contributed by atoms with Gasteiger partial charge in [-0.05, 0) is 39.8 Å². The van der Waals surface area contributed by atoms with Gasteiger partial charge in [0.05, 0.1) is 0 Å². The number of carbonyl (C=O) groups excluding carboxylic acids is 1. The number of anilines is 1. The van der Waals surface area contributed by atoms with Crippen LogP contribution in [-0.4, -0.2) is 65.8 Å². The van der Waals surface area contributed by atoms with Crippen molar-refractivity contribution in [1.29, 1.82) is 0 Å². The predicted molar refractivity (Wildman–Crippen MR) is 89.5 cm³/mol. The Bertz CT molecular complexity index is 557. The molecule has 1 fully saturated rings. The molecule has 0 unspecified atom stereocenters. The summed E-state index contributed by atoms with van der Waals surface area (Å²) < 4.78 is 21.7. The number of ether oxygens (including phenoxy) is 1. The number of amides is 1. The van der Waals surface area contributed by atoms with Crippen molar-refractivity contribution in [2.24, 2.45) is 0 Å². The molecule has 0 radical (unpaired) electrons. The molecule has 1 saturated heterocycles. The minimum atomic E-state index is -1.49. The van der Waals surface area contributed by atoms with Crippen LogP contribution in [0.25, 0.3) is 0 Å². The molecule has 0 aromatic carbocycles. The largest absolute Gasteiger partial charge is 0.444 e. The van der Waals surface area contributed by atoms with Crippen LogP contribution in [0.15, 0.2) is 18.5 Å². The van der Waals surface area contributed by atoms with Gasteiger partial charge < -0.3 is 15.0 Å². The third-order valence-corrected chi connectivity index (χ3v) is 3.24. The van der Waals surface area contributed by atoms with Gasteiger partial charge in [-0.15, -0.1) is 0 Å². The van der Waals surface area contributed by atoms with Crippen molar-refractivity contribution in [3.8, 4) is 0 Å². The van der Waals surface area contributed by atoms with Crippen LogP contribution < -0.4 is 10.2 Å². The van der Waals surface area contributed by atoms with E-state index in [-0.39, 0.29) is 13.0 Å². The first kappa shape index (κ1) is 14.7. The van der Waals surface area contributed by atoms with Crippen LogP contribution in [0, 0.1) is 0 Å². The molecule has 0 atom stereocenters. The van der Waals surface area contributed by atoms with E-state index >= 15 is 0 Å². The van der Waals surface area contributed by atoms with Crippen molar-refractivity contribution in [3.05, 3.63) is 18.5 Å². The Morgan fingerprint density at radius 1 is 1.30 bits per heavy atom. The normalized spacial score (nSPS) is 18.1. The van der Waals surface area contributed by atoms with Crippen LogP contribution in [0.4, 0.5) is 10.7 Å². The van der Waals surface area contributed by atoms with Crippen LogP contribution >= 0.6 is 0 Å². The molecule has 1 amide bonds. The van der Waals surface area contributed by atoms with Gasteiger partial charge in [-0.3, -0.25) is 4.90 Å². The van der Waals surface area contributed by atoms with Gasteiger partial charge in [0.2, 0.25) is 5.95 Å². The summed E-state index contributed by atoms with van der Waals surface area (Å²) >= 11 is 0. The third-order valence-electron chi connectivity index (χ3n) is 3.24. The monoisotopic (exact) mass is 323 g/mol. The summed E-state index contributed by atoms with van der Waals surface area (Å²) in [7, 11) is 0. The number of nitrogens with zero attached hydrogens (tertiary/aromatic N) is 4. The lowest BCUT2D eigenvalue weighted by Gasteiger charge is -2.34. The van der Waals surface area contributed by atoms with Crippen LogP contribution in [0.3, 0.4) is 0 Å². The summed E-state index contributed by atoms with van der Waals surface area (Å²) in [5.41, 5.74) is -0.557. The summed E-state index contributed by atoms with van der Waals surface area (Å²) in [5, 5.41) is 2.61. The fourth-order valence-electron chi connectivity index (χ4n) is 2.21. The number of hydrogen-bond acceptors (Lipinski definition) is 6. The predicted octanol–water partition coefficient (Wildman–Crippen LogP) is 1.51. The molecule has 1 aromatic heterocycles. The Hall–Kier alpha value is -1.89. The lowest BCUT2D eigenvalue weighted by molar-refractivity contribution is 0.0525. The second kappa shape index (κ2) is 8.10. The first-order chi connectivity index (χ1) is 11.7. The number of rotatable bonds is 5. The van der Waals surface area contributed by atoms with Crippen LogP contribution in [0.5, 0.6) is 0 Å². The summed E-state index contributed by atoms with van der Waals surface area (Å²) in [6.45, 7) is 6.62. The first-order valence-corrected chi connectivity index (χ1v) is 7.91. The van der Waals surface area contributed by atoms with Gasteiger partial charge in [-0.1, -0.05) is 0 Å². The van der Waals surface area contributed by atoms with Gasteiger partial charge >= 0.3 is 6.09 Å². The topological polar surface area (TPSA) is 70.6 Å². The van der Waals surface area contributed by atoms with Gasteiger partial charge in [0.1, 0.15) is 5.60 Å². The molecule has 2 rings (SSSR count). The van der Waals surface area contributed by atoms with E-state index < -0.39 is 18.2 Å². The number of alkyl carbamates (subject to hydrolysis) is 1. The highest BCUT2D eigenvalue weighted by molar-refractivity contribution is 5.67. The van der Waals surface area contributed by atoms with Crippen molar-refractivity contribution in [2.45, 2.75) is 32.8 Å². The SMILES string of the molecule is [2H]C([2H])(CCNC(=O)OC(C)(C)C)N1CCN(c2ncccn2)CC1. The quantitative estimate of drug-likeness (QED) is 0.886. The maximum absolute atomic E-state index is 11.6. The minimum Gasteiger partial charge on any atom is -0.444 e. The molecular formula is C16H27N5O2. The number of aromatic nitrogens is 2. The zero-order valence-electron chi connectivity index (χ0n) is 16.1. The molecular weight excluding hydrogens is 294 g/mol. The van der Waals surface area contributed by atoms with E-state index in [0.29, 0.717) is 32.1 Å². The second-order valence-corrected chi connectivity index (χ2v) is 6.36. The Morgan fingerprint density at radius 2 is 1.96 bits per heavy atom. The molecule has 2 heterocycles. The Balaban J connectivity index is 1.76. The van der Waals surface area contributed by atoms with E-state index in [9.17, 15) is 4.79 Å². The zero-order valence-corrected chi connectivity index (χ0v) is 14.1. The van der Waals surface area contributed by atoms with Crippen molar-refractivity contribution in [1.82, 2.24) is 20.2 Å². The van der Waals surface area contributed by atoms with Gasteiger partial charge in [0.15, 0.2) is 0 Å². The molecule has 0 bridgehead atoms. The summed E-state index contributed by atoms with van der Waals surface area (Å²) in [4.78, 5) is 23.9. The van der Waals surface area contributed by atoms with Crippen LogP contribution in [0.2, 0.25) is 0 Å². The first-order valence-electron chi connectivity index (χ1n) is 8.91. The van der Waals surface area contributed by atoms with E-state index in [0.717, 1.165) is 0 Å². The Labute approximate surface area is 140 Å². The lowest BCUT2D eigenvalue weighted by Crippen LogP contribution is -2.47. The smallest absolute Gasteiger partial charge is 0.407 e. The fourth-order valence-corrected chi connectivity index (χ4v) is 2.21. The van der Waals surface area contributed by atoms with Crippen LogP contribution in [-0.2, 0) is 4.74 Å². The Kier molecular flexibility index (Phi) is 5.17. The number of carbonyl (C=O) groups is 1. The summed E-state index contributed by atoms with van der Waals surface area (Å²) in [6, 6.07) is 1.77. The van der Waals surface area contributed by atoms with Crippen molar-refractivity contribution < 1.29 is 12.3 Å². The summed E-state index contributed by atoms with van der Waals surface area (Å²) in [6.07, 6.45) is 3.09. The fraction of sp³-hybridized carbons (Fsp3) is 0.688. The highest BCUT2D eigenvalue weighted by atomic mass is 16.6. The van der Waals surface area contributed by atoms with E-state index in [4.69, 9.17) is 7.48 Å².